The van der Waals surface area contributed by atoms with Crippen LogP contribution in [0.4, 0.5) is 0 Å². The zero-order chi connectivity index (χ0) is 23.5. The van der Waals surface area contributed by atoms with Gasteiger partial charge in [-0.15, -0.1) is 0 Å². The van der Waals surface area contributed by atoms with Crippen LogP contribution in [-0.2, 0) is 26.7 Å². The highest BCUT2D eigenvalue weighted by atomic mass is 32.2. The molecule has 3 rings (SSSR count). The predicted octanol–water partition coefficient (Wildman–Crippen LogP) is 4.03. The molecule has 0 amide bonds. The molecule has 3 aromatic rings. The highest BCUT2D eigenvalue weighted by Crippen LogP contribution is 2.32. The molecule has 0 N–H and O–H groups in total. The lowest BCUT2D eigenvalue weighted by molar-refractivity contribution is 0.360. The van der Waals surface area contributed by atoms with Crippen molar-refractivity contribution < 1.29 is 25.8 Å². The number of benzene rings is 3. The summed E-state index contributed by atoms with van der Waals surface area (Å²) < 4.78 is 62.3. The van der Waals surface area contributed by atoms with E-state index in [1.165, 1.54) is 17.5 Å². The minimum Gasteiger partial charge on any atom is -0.493 e. The Morgan fingerprint density at radius 2 is 1.59 bits per heavy atom. The van der Waals surface area contributed by atoms with Crippen LogP contribution in [0.15, 0.2) is 65.6 Å². The minimum absolute atomic E-state index is 0.0135. The van der Waals surface area contributed by atoms with E-state index in [1.54, 1.807) is 30.3 Å². The van der Waals surface area contributed by atoms with Gasteiger partial charge in [-0.05, 0) is 35.1 Å². The quantitative estimate of drug-likeness (QED) is 0.432. The Labute approximate surface area is 189 Å². The number of methoxy groups -OCH3 is 1. The van der Waals surface area contributed by atoms with Crippen molar-refractivity contribution in [3.8, 4) is 11.5 Å². The fourth-order valence-electron chi connectivity index (χ4n) is 3.47. The normalized spacial score (nSPS) is 12.4. The molecule has 0 aliphatic rings. The van der Waals surface area contributed by atoms with E-state index >= 15 is 0 Å². The van der Waals surface area contributed by atoms with Crippen molar-refractivity contribution in [2.75, 3.05) is 19.9 Å². The molecule has 0 fully saturated rings. The molecule has 7 nitrogen and oxygen atoms in total. The van der Waals surface area contributed by atoms with Gasteiger partial charge in [-0.2, -0.15) is 12.7 Å². The fraction of sp³-hybridized carbons (Fsp3) is 0.304. The average molecular weight is 478 g/mol. The third kappa shape index (κ3) is 5.59. The second-order valence-electron chi connectivity index (χ2n) is 7.94. The maximum absolute atomic E-state index is 13.7. The lowest BCUT2D eigenvalue weighted by Crippen LogP contribution is -2.34. The van der Waals surface area contributed by atoms with Gasteiger partial charge in [-0.25, -0.2) is 8.42 Å². The summed E-state index contributed by atoms with van der Waals surface area (Å²) in [5.74, 6) is 0.329. The van der Waals surface area contributed by atoms with Crippen LogP contribution in [0.1, 0.15) is 19.4 Å². The summed E-state index contributed by atoms with van der Waals surface area (Å²) in [6.07, 6.45) is 0.940. The van der Waals surface area contributed by atoms with Crippen molar-refractivity contribution in [1.82, 2.24) is 4.31 Å². The fourth-order valence-corrected chi connectivity index (χ4v) is 5.73. The summed E-state index contributed by atoms with van der Waals surface area (Å²) in [5, 5.41) is 1.49. The first kappa shape index (κ1) is 24.0. The molecule has 0 saturated carbocycles. The Bertz CT molecular complexity index is 1310. The Kier molecular flexibility index (Phi) is 7.12. The topological polar surface area (TPSA) is 90.0 Å². The SMILES string of the molecule is COc1ccc(CN(CC(C)C)S(=O)(=O)c2cccc3ccccc23)cc1OS(C)(=O)=O. The Morgan fingerprint density at radius 1 is 0.906 bits per heavy atom. The molecule has 0 saturated heterocycles. The molecule has 0 aromatic heterocycles. The molecule has 0 spiro atoms. The third-order valence-corrected chi connectivity index (χ3v) is 7.12. The van der Waals surface area contributed by atoms with E-state index in [4.69, 9.17) is 8.92 Å². The maximum Gasteiger partial charge on any atom is 0.306 e. The van der Waals surface area contributed by atoms with Gasteiger partial charge in [0.25, 0.3) is 0 Å². The van der Waals surface area contributed by atoms with Crippen molar-refractivity contribution in [3.63, 3.8) is 0 Å². The summed E-state index contributed by atoms with van der Waals surface area (Å²) in [6, 6.07) is 17.3. The van der Waals surface area contributed by atoms with Crippen LogP contribution in [0.3, 0.4) is 0 Å². The molecule has 0 atom stereocenters. The van der Waals surface area contributed by atoms with Crippen LogP contribution < -0.4 is 8.92 Å². The van der Waals surface area contributed by atoms with Gasteiger partial charge >= 0.3 is 10.1 Å². The average Bonchev–Trinajstić information content (AvgIpc) is 2.71. The molecule has 0 bridgehead atoms. The summed E-state index contributed by atoms with van der Waals surface area (Å²) in [6.45, 7) is 4.23. The number of hydrogen-bond donors (Lipinski definition) is 0. The zero-order valence-electron chi connectivity index (χ0n) is 18.5. The van der Waals surface area contributed by atoms with Gasteiger partial charge in [0, 0.05) is 18.5 Å². The largest absolute Gasteiger partial charge is 0.493 e. The Morgan fingerprint density at radius 3 is 2.25 bits per heavy atom. The van der Waals surface area contributed by atoms with E-state index < -0.39 is 20.1 Å². The van der Waals surface area contributed by atoms with Crippen molar-refractivity contribution in [2.24, 2.45) is 5.92 Å². The van der Waals surface area contributed by atoms with Crippen LogP contribution >= 0.6 is 0 Å². The highest BCUT2D eigenvalue weighted by molar-refractivity contribution is 7.89. The lowest BCUT2D eigenvalue weighted by atomic mass is 10.1. The van der Waals surface area contributed by atoms with Gasteiger partial charge in [0.1, 0.15) is 0 Å². The van der Waals surface area contributed by atoms with Gasteiger partial charge in [0.15, 0.2) is 11.5 Å². The first-order valence-corrected chi connectivity index (χ1v) is 13.3. The molecule has 0 heterocycles. The number of hydrogen-bond acceptors (Lipinski definition) is 6. The standard InChI is InChI=1S/C23H27NO6S2/c1-17(2)15-24(16-18-12-13-21(29-3)22(14-18)30-31(4,25)26)32(27,28)23-11-7-9-19-8-5-6-10-20(19)23/h5-14,17H,15-16H2,1-4H3. The van der Waals surface area contributed by atoms with E-state index in [9.17, 15) is 16.8 Å². The Hall–Kier alpha value is -2.62. The first-order valence-electron chi connectivity index (χ1n) is 10.1. The van der Waals surface area contributed by atoms with Crippen LogP contribution in [0.5, 0.6) is 11.5 Å². The number of nitrogens with zero attached hydrogens (tertiary/aromatic N) is 1. The predicted molar refractivity (Wildman–Crippen MR) is 125 cm³/mol. The van der Waals surface area contributed by atoms with E-state index in [0.717, 1.165) is 11.6 Å². The zero-order valence-corrected chi connectivity index (χ0v) is 20.1. The molecule has 0 radical (unpaired) electrons. The molecule has 0 aliphatic heterocycles. The van der Waals surface area contributed by atoms with Crippen LogP contribution in [0.25, 0.3) is 10.8 Å². The van der Waals surface area contributed by atoms with Crippen molar-refractivity contribution >= 4 is 30.9 Å². The van der Waals surface area contributed by atoms with Crippen molar-refractivity contribution in [3.05, 3.63) is 66.2 Å². The number of rotatable bonds is 9. The second kappa shape index (κ2) is 9.48. The van der Waals surface area contributed by atoms with Gasteiger partial charge in [0.2, 0.25) is 10.0 Å². The lowest BCUT2D eigenvalue weighted by Gasteiger charge is -2.25. The maximum atomic E-state index is 13.7. The van der Waals surface area contributed by atoms with Gasteiger partial charge < -0.3 is 8.92 Å². The monoisotopic (exact) mass is 477 g/mol. The first-order chi connectivity index (χ1) is 15.0. The van der Waals surface area contributed by atoms with E-state index in [1.807, 2.05) is 38.1 Å². The highest BCUT2D eigenvalue weighted by Gasteiger charge is 2.27. The van der Waals surface area contributed by atoms with Crippen molar-refractivity contribution in [2.45, 2.75) is 25.3 Å². The van der Waals surface area contributed by atoms with Crippen LogP contribution in [0, 0.1) is 5.92 Å². The van der Waals surface area contributed by atoms with Crippen LogP contribution in [0.2, 0.25) is 0 Å². The molecular formula is C23H27NO6S2. The number of fused-ring (bicyclic) bond motifs is 1. The summed E-state index contributed by atoms with van der Waals surface area (Å²) in [5.41, 5.74) is 0.578. The van der Waals surface area contributed by atoms with Crippen molar-refractivity contribution in [1.29, 1.82) is 0 Å². The number of ether oxygens (including phenoxy) is 1. The van der Waals surface area contributed by atoms with Gasteiger partial charge in [-0.3, -0.25) is 0 Å². The molecule has 0 unspecified atom stereocenters. The molecule has 0 aliphatic carbocycles. The summed E-state index contributed by atoms with van der Waals surface area (Å²) in [7, 11) is -6.22. The van der Waals surface area contributed by atoms with Crippen LogP contribution in [-0.4, -0.2) is 41.1 Å². The molecule has 9 heteroatoms. The summed E-state index contributed by atoms with van der Waals surface area (Å²) in [4.78, 5) is 0.234. The molecule has 3 aromatic carbocycles. The van der Waals surface area contributed by atoms with Gasteiger partial charge in [-0.1, -0.05) is 56.3 Å². The third-order valence-electron chi connectivity index (χ3n) is 4.76. The van der Waals surface area contributed by atoms with E-state index in [2.05, 4.69) is 0 Å². The molecule has 32 heavy (non-hydrogen) atoms. The van der Waals surface area contributed by atoms with E-state index in [0.29, 0.717) is 17.5 Å². The van der Waals surface area contributed by atoms with E-state index in [-0.39, 0.29) is 28.9 Å². The second-order valence-corrected chi connectivity index (χ2v) is 11.4. The molecular weight excluding hydrogens is 450 g/mol. The van der Waals surface area contributed by atoms with Gasteiger partial charge in [0.05, 0.1) is 18.3 Å². The minimum atomic E-state index is -3.84. The summed E-state index contributed by atoms with van der Waals surface area (Å²) >= 11 is 0. The Balaban J connectivity index is 2.05. The molecule has 172 valence electrons. The smallest absolute Gasteiger partial charge is 0.306 e. The number of sulfonamides is 1.